The summed E-state index contributed by atoms with van der Waals surface area (Å²) < 4.78 is 18.8. The van der Waals surface area contributed by atoms with Crippen LogP contribution < -0.4 is 5.32 Å². The average molecular weight is 366 g/mol. The van der Waals surface area contributed by atoms with Crippen molar-refractivity contribution < 1.29 is 18.7 Å². The summed E-state index contributed by atoms with van der Waals surface area (Å²) >= 11 is 0. The molecule has 27 heavy (non-hydrogen) atoms. The van der Waals surface area contributed by atoms with Crippen molar-refractivity contribution >= 4 is 22.8 Å². The third-order valence-electron chi connectivity index (χ3n) is 4.07. The summed E-state index contributed by atoms with van der Waals surface area (Å²) in [7, 11) is 0. The minimum absolute atomic E-state index is 0.195. The standard InChI is InChI=1S/C21H19FN2O3/c1-3-27-21(26)19(14-7-5-4-6-8-14)24-20(25)17-11-13(2)23-18-10-9-15(22)12-16(17)18/h4-12,19H,3H2,1-2H3,(H,24,25). The van der Waals surface area contributed by atoms with Gasteiger partial charge in [-0.25, -0.2) is 9.18 Å². The summed E-state index contributed by atoms with van der Waals surface area (Å²) in [6, 6.07) is 13.5. The molecule has 0 radical (unpaired) electrons. The highest BCUT2D eigenvalue weighted by molar-refractivity contribution is 6.07. The lowest BCUT2D eigenvalue weighted by atomic mass is 10.0. The number of hydrogen-bond donors (Lipinski definition) is 1. The monoisotopic (exact) mass is 366 g/mol. The smallest absolute Gasteiger partial charge is 0.333 e. The van der Waals surface area contributed by atoms with E-state index in [0.29, 0.717) is 22.2 Å². The van der Waals surface area contributed by atoms with Gasteiger partial charge in [0.05, 0.1) is 17.7 Å². The number of rotatable bonds is 5. The van der Waals surface area contributed by atoms with Gasteiger partial charge in [-0.3, -0.25) is 9.78 Å². The van der Waals surface area contributed by atoms with E-state index in [1.54, 1.807) is 44.2 Å². The minimum atomic E-state index is -0.962. The molecule has 2 aromatic carbocycles. The van der Waals surface area contributed by atoms with Crippen LogP contribution in [0.25, 0.3) is 10.9 Å². The number of benzene rings is 2. The van der Waals surface area contributed by atoms with E-state index < -0.39 is 23.7 Å². The Kier molecular flexibility index (Phi) is 5.45. The van der Waals surface area contributed by atoms with E-state index in [0.717, 1.165) is 0 Å². The maximum Gasteiger partial charge on any atom is 0.333 e. The van der Waals surface area contributed by atoms with Crippen LogP contribution in [0.4, 0.5) is 4.39 Å². The highest BCUT2D eigenvalue weighted by Gasteiger charge is 2.25. The Morgan fingerprint density at radius 3 is 2.59 bits per heavy atom. The second-order valence-electron chi connectivity index (χ2n) is 6.04. The number of carbonyl (C=O) groups excluding carboxylic acids is 2. The van der Waals surface area contributed by atoms with Gasteiger partial charge in [0.15, 0.2) is 6.04 Å². The zero-order chi connectivity index (χ0) is 19.4. The normalized spacial score (nSPS) is 11.8. The minimum Gasteiger partial charge on any atom is -0.464 e. The Morgan fingerprint density at radius 1 is 1.15 bits per heavy atom. The lowest BCUT2D eigenvalue weighted by molar-refractivity contribution is -0.145. The first kappa shape index (κ1) is 18.5. The van der Waals surface area contributed by atoms with E-state index in [-0.39, 0.29) is 12.2 Å². The molecule has 0 aliphatic carbocycles. The van der Waals surface area contributed by atoms with Gasteiger partial charge >= 0.3 is 5.97 Å². The molecular weight excluding hydrogens is 347 g/mol. The molecule has 0 bridgehead atoms. The van der Waals surface area contributed by atoms with Gasteiger partial charge in [0.1, 0.15) is 5.82 Å². The summed E-state index contributed by atoms with van der Waals surface area (Å²) in [6.45, 7) is 3.64. The molecule has 1 N–H and O–H groups in total. The fraction of sp³-hybridized carbons (Fsp3) is 0.190. The van der Waals surface area contributed by atoms with E-state index in [1.165, 1.54) is 18.2 Å². The van der Waals surface area contributed by atoms with Crippen LogP contribution in [-0.2, 0) is 9.53 Å². The van der Waals surface area contributed by atoms with Crippen LogP contribution in [0.1, 0.15) is 34.6 Å². The van der Waals surface area contributed by atoms with Crippen LogP contribution in [0.5, 0.6) is 0 Å². The Hall–Kier alpha value is -3.28. The molecule has 0 fully saturated rings. The number of hydrogen-bond acceptors (Lipinski definition) is 4. The topological polar surface area (TPSA) is 68.3 Å². The molecule has 0 spiro atoms. The van der Waals surface area contributed by atoms with Crippen molar-refractivity contribution in [2.45, 2.75) is 19.9 Å². The van der Waals surface area contributed by atoms with Crippen LogP contribution in [0, 0.1) is 12.7 Å². The number of carbonyl (C=O) groups is 2. The van der Waals surface area contributed by atoms with Gasteiger partial charge in [0.25, 0.3) is 5.91 Å². The fourth-order valence-corrected chi connectivity index (χ4v) is 2.88. The molecule has 1 unspecified atom stereocenters. The number of fused-ring (bicyclic) bond motifs is 1. The molecular formula is C21H19FN2O3. The molecule has 1 amide bonds. The molecule has 3 rings (SSSR count). The van der Waals surface area contributed by atoms with Crippen molar-refractivity contribution in [3.8, 4) is 0 Å². The van der Waals surface area contributed by atoms with Crippen LogP contribution in [0.15, 0.2) is 54.6 Å². The van der Waals surface area contributed by atoms with Gasteiger partial charge in [-0.05, 0) is 43.7 Å². The van der Waals surface area contributed by atoms with Crippen molar-refractivity contribution in [3.63, 3.8) is 0 Å². The average Bonchev–Trinajstić information content (AvgIpc) is 2.66. The Bertz CT molecular complexity index is 989. The first-order valence-electron chi connectivity index (χ1n) is 8.59. The van der Waals surface area contributed by atoms with Crippen molar-refractivity contribution in [2.24, 2.45) is 0 Å². The number of pyridine rings is 1. The van der Waals surface area contributed by atoms with E-state index in [1.807, 2.05) is 6.07 Å². The van der Waals surface area contributed by atoms with Crippen LogP contribution in [0.3, 0.4) is 0 Å². The molecule has 6 heteroatoms. The van der Waals surface area contributed by atoms with Crippen molar-refractivity contribution in [3.05, 3.63) is 77.2 Å². The first-order chi connectivity index (χ1) is 13.0. The Morgan fingerprint density at radius 2 is 1.89 bits per heavy atom. The Balaban J connectivity index is 2.00. The second kappa shape index (κ2) is 7.95. The van der Waals surface area contributed by atoms with Gasteiger partial charge < -0.3 is 10.1 Å². The van der Waals surface area contributed by atoms with Crippen LogP contribution in [-0.4, -0.2) is 23.5 Å². The number of aryl methyl sites for hydroxylation is 1. The summed E-state index contributed by atoms with van der Waals surface area (Å²) in [6.07, 6.45) is 0. The quantitative estimate of drug-likeness (QED) is 0.699. The molecule has 138 valence electrons. The van der Waals surface area contributed by atoms with Crippen molar-refractivity contribution in [1.82, 2.24) is 10.3 Å². The molecule has 1 atom stereocenters. The second-order valence-corrected chi connectivity index (χ2v) is 6.04. The number of nitrogens with one attached hydrogen (secondary N) is 1. The van der Waals surface area contributed by atoms with E-state index in [2.05, 4.69) is 10.3 Å². The highest BCUT2D eigenvalue weighted by Crippen LogP contribution is 2.22. The van der Waals surface area contributed by atoms with Gasteiger partial charge in [-0.15, -0.1) is 0 Å². The summed E-state index contributed by atoms with van der Waals surface area (Å²) in [5.74, 6) is -1.52. The van der Waals surface area contributed by atoms with Crippen LogP contribution in [0.2, 0.25) is 0 Å². The number of ether oxygens (including phenoxy) is 1. The number of nitrogens with zero attached hydrogens (tertiary/aromatic N) is 1. The summed E-state index contributed by atoms with van der Waals surface area (Å²) in [4.78, 5) is 29.7. The molecule has 1 heterocycles. The highest BCUT2D eigenvalue weighted by atomic mass is 19.1. The SMILES string of the molecule is CCOC(=O)C(NC(=O)c1cc(C)nc2ccc(F)cc12)c1ccccc1. The molecule has 1 aromatic heterocycles. The molecule has 0 aliphatic rings. The third kappa shape index (κ3) is 4.11. The van der Waals surface area contributed by atoms with E-state index in [4.69, 9.17) is 4.74 Å². The lowest BCUT2D eigenvalue weighted by Crippen LogP contribution is -2.35. The summed E-state index contributed by atoms with van der Waals surface area (Å²) in [5, 5.41) is 3.09. The Labute approximate surface area is 156 Å². The van der Waals surface area contributed by atoms with E-state index >= 15 is 0 Å². The largest absolute Gasteiger partial charge is 0.464 e. The van der Waals surface area contributed by atoms with Crippen LogP contribution >= 0.6 is 0 Å². The zero-order valence-corrected chi connectivity index (χ0v) is 15.0. The van der Waals surface area contributed by atoms with Gasteiger partial charge in [0.2, 0.25) is 0 Å². The molecule has 5 nitrogen and oxygen atoms in total. The van der Waals surface area contributed by atoms with Gasteiger partial charge in [-0.2, -0.15) is 0 Å². The van der Waals surface area contributed by atoms with Crippen molar-refractivity contribution in [2.75, 3.05) is 6.61 Å². The van der Waals surface area contributed by atoms with Gasteiger partial charge in [0, 0.05) is 11.1 Å². The number of halogens is 1. The maximum absolute atomic E-state index is 13.7. The zero-order valence-electron chi connectivity index (χ0n) is 15.0. The van der Waals surface area contributed by atoms with Gasteiger partial charge in [-0.1, -0.05) is 30.3 Å². The maximum atomic E-state index is 13.7. The molecule has 0 saturated heterocycles. The molecule has 0 aliphatic heterocycles. The predicted octanol–water partition coefficient (Wildman–Crippen LogP) is 3.72. The number of aromatic nitrogens is 1. The van der Waals surface area contributed by atoms with Crippen molar-refractivity contribution in [1.29, 1.82) is 0 Å². The lowest BCUT2D eigenvalue weighted by Gasteiger charge is -2.18. The first-order valence-corrected chi connectivity index (χ1v) is 8.59. The molecule has 3 aromatic rings. The number of amides is 1. The summed E-state index contributed by atoms with van der Waals surface area (Å²) in [5.41, 5.74) is 1.98. The third-order valence-corrected chi connectivity index (χ3v) is 4.07. The van der Waals surface area contributed by atoms with E-state index in [9.17, 15) is 14.0 Å². The number of esters is 1. The predicted molar refractivity (Wildman–Crippen MR) is 99.7 cm³/mol. The molecule has 0 saturated carbocycles. The fourth-order valence-electron chi connectivity index (χ4n) is 2.88.